The molecule has 184 valence electrons. The van der Waals surface area contributed by atoms with E-state index < -0.39 is 10.8 Å². The fourth-order valence-electron chi connectivity index (χ4n) is 2.86. The standard InChI is InChI=1S/C18H40B4N6O5/c1-17(2,7-10-20)15(31)27-22-26-14(30)6-11-23-33-24-12-8-18(3,4)16(32)28-21-25-13(29)5-9-19/h21-24H,5-12,19-20H2,1-4H3,(H,25,29)(H,26,30)(H,27,31)(H,28,32). The molecular formula is C18H40B4N6O5. The van der Waals surface area contributed by atoms with Gasteiger partial charge in [-0.15, -0.1) is 0 Å². The van der Waals surface area contributed by atoms with Gasteiger partial charge in [-0.25, -0.2) is 4.94 Å². The Labute approximate surface area is 200 Å². The summed E-state index contributed by atoms with van der Waals surface area (Å²) >= 11 is 0. The van der Waals surface area contributed by atoms with Crippen molar-refractivity contribution in [2.75, 3.05) is 13.1 Å². The van der Waals surface area contributed by atoms with Gasteiger partial charge in [0, 0.05) is 36.8 Å². The predicted octanol–water partition coefficient (Wildman–Crippen LogP) is -3.27. The molecule has 0 aromatic heterocycles. The first kappa shape index (κ1) is 31.0. The number of amides is 4. The molecule has 0 aromatic carbocycles. The largest absolute Gasteiger partial charge is 0.383 e. The molecule has 6 N–H and O–H groups in total. The smallest absolute Gasteiger partial charge is 0.355 e. The van der Waals surface area contributed by atoms with Crippen LogP contribution in [0.4, 0.5) is 0 Å². The normalized spacial score (nSPS) is 11.3. The maximum atomic E-state index is 12.2. The van der Waals surface area contributed by atoms with E-state index in [2.05, 4.69) is 31.9 Å². The molecule has 0 spiro atoms. The van der Waals surface area contributed by atoms with Crippen LogP contribution < -0.4 is 31.9 Å². The minimum atomic E-state index is -0.651. The van der Waals surface area contributed by atoms with Crippen molar-refractivity contribution < 1.29 is 24.1 Å². The van der Waals surface area contributed by atoms with E-state index in [1.807, 2.05) is 29.5 Å². The second kappa shape index (κ2) is 16.6. The monoisotopic (exact) mass is 464 g/mol. The summed E-state index contributed by atoms with van der Waals surface area (Å²) in [6.07, 6.45) is 3.55. The fourth-order valence-corrected chi connectivity index (χ4v) is 2.86. The van der Waals surface area contributed by atoms with Crippen molar-refractivity contribution in [3.8, 4) is 0 Å². The molecule has 0 atom stereocenters. The highest BCUT2D eigenvalue weighted by atomic mass is 16.8. The van der Waals surface area contributed by atoms with Crippen LogP contribution in [0, 0.1) is 10.8 Å². The van der Waals surface area contributed by atoms with Gasteiger partial charge < -0.3 is 20.9 Å². The molecule has 0 saturated carbocycles. The minimum Gasteiger partial charge on any atom is -0.383 e. The Kier molecular flexibility index (Phi) is 15.6. The third-order valence-corrected chi connectivity index (χ3v) is 5.10. The van der Waals surface area contributed by atoms with Gasteiger partial charge in [-0.3, -0.25) is 19.2 Å². The van der Waals surface area contributed by atoms with E-state index in [1.54, 1.807) is 13.8 Å². The van der Waals surface area contributed by atoms with Gasteiger partial charge in [0.1, 0.15) is 15.7 Å². The van der Waals surface area contributed by atoms with Gasteiger partial charge in [-0.2, -0.15) is 11.0 Å². The first-order valence-corrected chi connectivity index (χ1v) is 11.7. The highest BCUT2D eigenvalue weighted by Gasteiger charge is 2.27. The SMILES string of the molecule is BCCC(=O)NBNC(=O)C(C)(C)CCNONCCC(=O)NBNC(=O)C(C)(C)CCB. The van der Waals surface area contributed by atoms with Gasteiger partial charge >= 0.3 is 15.1 Å². The Morgan fingerprint density at radius 2 is 1.18 bits per heavy atom. The molecule has 0 radical (unpaired) electrons. The maximum absolute atomic E-state index is 12.2. The van der Waals surface area contributed by atoms with Crippen molar-refractivity contribution in [2.24, 2.45) is 10.8 Å². The van der Waals surface area contributed by atoms with Crippen LogP contribution in [0.5, 0.6) is 0 Å². The molecule has 0 fully saturated rings. The van der Waals surface area contributed by atoms with Crippen LogP contribution in [-0.2, 0) is 24.1 Å². The van der Waals surface area contributed by atoms with E-state index in [0.29, 0.717) is 19.4 Å². The topological polar surface area (TPSA) is 150 Å². The molecule has 0 aliphatic heterocycles. The molecule has 11 nitrogen and oxygen atoms in total. The van der Waals surface area contributed by atoms with Gasteiger partial charge in [-0.1, -0.05) is 40.3 Å². The van der Waals surface area contributed by atoms with Gasteiger partial charge in [-0.05, 0) is 12.8 Å². The quantitative estimate of drug-likeness (QED) is 0.0709. The molecule has 0 heterocycles. The van der Waals surface area contributed by atoms with Crippen molar-refractivity contribution in [1.82, 2.24) is 31.9 Å². The van der Waals surface area contributed by atoms with E-state index in [9.17, 15) is 19.2 Å². The molecule has 0 aliphatic carbocycles. The number of carbonyl (C=O) groups excluding carboxylic acids is 4. The number of hydroxylamine groups is 2. The zero-order chi connectivity index (χ0) is 25.3. The molecular weight excluding hydrogens is 423 g/mol. The Morgan fingerprint density at radius 1 is 0.697 bits per heavy atom. The molecule has 15 heteroatoms. The van der Waals surface area contributed by atoms with Gasteiger partial charge in [0.2, 0.25) is 23.6 Å². The number of hydrogen-bond donors (Lipinski definition) is 6. The first-order chi connectivity index (χ1) is 15.5. The maximum Gasteiger partial charge on any atom is 0.355 e. The van der Waals surface area contributed by atoms with Crippen LogP contribution in [0.1, 0.15) is 53.4 Å². The third kappa shape index (κ3) is 14.7. The average molecular weight is 464 g/mol. The highest BCUT2D eigenvalue weighted by Crippen LogP contribution is 2.21. The van der Waals surface area contributed by atoms with Gasteiger partial charge in [0.05, 0.1) is 0 Å². The Hall–Kier alpha value is -1.98. The third-order valence-electron chi connectivity index (χ3n) is 5.10. The number of nitrogens with one attached hydrogen (secondary N) is 6. The molecule has 0 rings (SSSR count). The summed E-state index contributed by atoms with van der Waals surface area (Å²) in [5.74, 6) is -0.571. The lowest BCUT2D eigenvalue weighted by atomic mass is 9.81. The molecule has 0 unspecified atom stereocenters. The summed E-state index contributed by atoms with van der Waals surface area (Å²) in [6.45, 7) is 8.04. The lowest BCUT2D eigenvalue weighted by molar-refractivity contribution is -0.129. The van der Waals surface area contributed by atoms with E-state index >= 15 is 0 Å². The lowest BCUT2D eigenvalue weighted by Gasteiger charge is -2.23. The van der Waals surface area contributed by atoms with Crippen LogP contribution in [0.2, 0.25) is 12.6 Å². The Balaban J connectivity index is 3.84. The molecule has 4 amide bonds. The predicted molar refractivity (Wildman–Crippen MR) is 137 cm³/mol. The summed E-state index contributed by atoms with van der Waals surface area (Å²) in [7, 11) is 4.13. The van der Waals surface area contributed by atoms with Crippen LogP contribution in [0.3, 0.4) is 0 Å². The number of hydrogen-bond acceptors (Lipinski definition) is 7. The van der Waals surface area contributed by atoms with Crippen molar-refractivity contribution in [2.45, 2.75) is 66.0 Å². The first-order valence-electron chi connectivity index (χ1n) is 11.7. The number of rotatable bonds is 18. The molecule has 0 saturated heterocycles. The van der Waals surface area contributed by atoms with Crippen LogP contribution in [0.25, 0.3) is 0 Å². The fraction of sp³-hybridized carbons (Fsp3) is 0.778. The molecule has 33 heavy (non-hydrogen) atoms. The van der Waals surface area contributed by atoms with Crippen molar-refractivity contribution >= 4 is 54.4 Å². The zero-order valence-corrected chi connectivity index (χ0v) is 21.1. The van der Waals surface area contributed by atoms with Crippen molar-refractivity contribution in [3.05, 3.63) is 0 Å². The zero-order valence-electron chi connectivity index (χ0n) is 21.1. The van der Waals surface area contributed by atoms with Crippen molar-refractivity contribution in [3.63, 3.8) is 0 Å². The Bertz CT molecular complexity index is 639. The molecule has 0 aromatic rings. The van der Waals surface area contributed by atoms with E-state index in [-0.39, 0.29) is 51.7 Å². The molecule has 0 bridgehead atoms. The minimum absolute atomic E-state index is 0.0867. The number of carbonyl (C=O) groups is 4. The van der Waals surface area contributed by atoms with E-state index in [4.69, 9.17) is 4.94 Å². The van der Waals surface area contributed by atoms with E-state index in [0.717, 1.165) is 19.1 Å². The second-order valence-corrected chi connectivity index (χ2v) is 9.22. The van der Waals surface area contributed by atoms with Crippen LogP contribution >= 0.6 is 0 Å². The summed E-state index contributed by atoms with van der Waals surface area (Å²) in [6, 6.07) is 0. The van der Waals surface area contributed by atoms with Crippen LogP contribution in [-0.4, -0.2) is 67.5 Å². The summed E-state index contributed by atoms with van der Waals surface area (Å²) in [5, 5.41) is 10.7. The van der Waals surface area contributed by atoms with Gasteiger partial charge in [0.15, 0.2) is 0 Å². The summed E-state index contributed by atoms with van der Waals surface area (Å²) in [4.78, 5) is 52.6. The van der Waals surface area contributed by atoms with Crippen LogP contribution in [0.15, 0.2) is 0 Å². The lowest BCUT2D eigenvalue weighted by Crippen LogP contribution is -2.47. The summed E-state index contributed by atoms with van der Waals surface area (Å²) < 4.78 is 0. The summed E-state index contributed by atoms with van der Waals surface area (Å²) in [5.41, 5.74) is 4.21. The van der Waals surface area contributed by atoms with Crippen molar-refractivity contribution in [1.29, 1.82) is 0 Å². The average Bonchev–Trinajstić information content (AvgIpc) is 2.72. The molecule has 0 aliphatic rings. The highest BCUT2D eigenvalue weighted by molar-refractivity contribution is 6.39. The van der Waals surface area contributed by atoms with Gasteiger partial charge in [0.25, 0.3) is 0 Å². The second-order valence-electron chi connectivity index (χ2n) is 9.22. The Morgan fingerprint density at radius 3 is 1.70 bits per heavy atom. The van der Waals surface area contributed by atoms with E-state index in [1.165, 1.54) is 0 Å².